The van der Waals surface area contributed by atoms with Crippen molar-refractivity contribution in [3.63, 3.8) is 0 Å². The van der Waals surface area contributed by atoms with Gasteiger partial charge in [0.25, 0.3) is 0 Å². The number of alkyl halides is 1. The molecule has 2 fully saturated rings. The zero-order valence-electron chi connectivity index (χ0n) is 11.3. The Hall–Kier alpha value is 0.180. The Morgan fingerprint density at radius 3 is 2.53 bits per heavy atom. The van der Waals surface area contributed by atoms with Gasteiger partial charge in [0.15, 0.2) is 0 Å². The second-order valence-electron chi connectivity index (χ2n) is 6.61. The highest BCUT2D eigenvalue weighted by molar-refractivity contribution is 9.09. The summed E-state index contributed by atoms with van der Waals surface area (Å²) in [4.78, 5) is 0.462. The molecule has 0 aliphatic heterocycles. The summed E-state index contributed by atoms with van der Waals surface area (Å²) in [5.41, 5.74) is 0.841. The van der Waals surface area contributed by atoms with Crippen molar-refractivity contribution in [1.29, 1.82) is 0 Å². The van der Waals surface area contributed by atoms with E-state index in [0.29, 0.717) is 16.7 Å². The van der Waals surface area contributed by atoms with Gasteiger partial charge in [-0.15, -0.1) is 0 Å². The van der Waals surface area contributed by atoms with Crippen LogP contribution in [0.3, 0.4) is 0 Å². The zero-order chi connectivity index (χ0) is 12.8. The fraction of sp³-hybridized carbons (Fsp3) is 0.867. The standard InChI is InChI=1S/C15H25BrO/c1-10(2)12-5-7-14(4)8-6-13(16)11(3)15(14,17)9-12/h11-13,17H,1,5-9H2,2-4H3. The van der Waals surface area contributed by atoms with Crippen LogP contribution in [0.2, 0.25) is 0 Å². The molecule has 2 aliphatic rings. The van der Waals surface area contributed by atoms with Gasteiger partial charge in [-0.25, -0.2) is 0 Å². The lowest BCUT2D eigenvalue weighted by atomic mass is 9.51. The Labute approximate surface area is 114 Å². The summed E-state index contributed by atoms with van der Waals surface area (Å²) in [6.07, 6.45) is 5.59. The second kappa shape index (κ2) is 4.38. The summed E-state index contributed by atoms with van der Waals surface area (Å²) >= 11 is 3.75. The summed E-state index contributed by atoms with van der Waals surface area (Å²) in [7, 11) is 0. The number of allylic oxidation sites excluding steroid dienone is 1. The van der Waals surface area contributed by atoms with Gasteiger partial charge < -0.3 is 5.11 Å². The first-order valence-corrected chi connectivity index (χ1v) is 7.73. The largest absolute Gasteiger partial charge is 0.389 e. The van der Waals surface area contributed by atoms with E-state index in [4.69, 9.17) is 0 Å². The van der Waals surface area contributed by atoms with Crippen molar-refractivity contribution in [2.75, 3.05) is 0 Å². The maximum absolute atomic E-state index is 11.2. The SMILES string of the molecule is C=C(C)C1CCC2(C)CCC(Br)C(C)C2(O)C1. The normalized spacial score (nSPS) is 50.8. The minimum atomic E-state index is -0.513. The summed E-state index contributed by atoms with van der Waals surface area (Å²) < 4.78 is 0. The third-order valence-electron chi connectivity index (χ3n) is 5.61. The first-order chi connectivity index (χ1) is 7.80. The third kappa shape index (κ3) is 2.02. The lowest BCUT2D eigenvalue weighted by Gasteiger charge is -2.58. The molecular weight excluding hydrogens is 276 g/mol. The van der Waals surface area contributed by atoms with E-state index >= 15 is 0 Å². The van der Waals surface area contributed by atoms with Gasteiger partial charge in [-0.2, -0.15) is 0 Å². The fourth-order valence-corrected chi connectivity index (χ4v) is 4.60. The molecule has 5 atom stereocenters. The predicted molar refractivity (Wildman–Crippen MR) is 76.3 cm³/mol. The maximum atomic E-state index is 11.2. The fourth-order valence-electron chi connectivity index (χ4n) is 3.94. The molecule has 0 heterocycles. The quantitative estimate of drug-likeness (QED) is 0.566. The van der Waals surface area contributed by atoms with Crippen LogP contribution in [-0.2, 0) is 0 Å². The van der Waals surface area contributed by atoms with E-state index in [1.165, 1.54) is 18.4 Å². The summed E-state index contributed by atoms with van der Waals surface area (Å²) in [5.74, 6) is 0.844. The number of hydrogen-bond donors (Lipinski definition) is 1. The van der Waals surface area contributed by atoms with E-state index in [0.717, 1.165) is 19.3 Å². The Bertz CT molecular complexity index is 327. The van der Waals surface area contributed by atoms with Gasteiger partial charge in [0.2, 0.25) is 0 Å². The van der Waals surface area contributed by atoms with Crippen LogP contribution in [-0.4, -0.2) is 15.5 Å². The highest BCUT2D eigenvalue weighted by Crippen LogP contribution is 2.58. The monoisotopic (exact) mass is 300 g/mol. The molecule has 1 N–H and O–H groups in total. The van der Waals surface area contributed by atoms with Crippen LogP contribution in [0.5, 0.6) is 0 Å². The summed E-state index contributed by atoms with van der Waals surface area (Å²) in [6.45, 7) is 10.7. The maximum Gasteiger partial charge on any atom is 0.0742 e. The van der Waals surface area contributed by atoms with Gasteiger partial charge in [-0.1, -0.05) is 41.9 Å². The van der Waals surface area contributed by atoms with E-state index in [9.17, 15) is 5.11 Å². The number of hydrogen-bond acceptors (Lipinski definition) is 1. The van der Waals surface area contributed by atoms with E-state index in [2.05, 4.69) is 43.3 Å². The first-order valence-electron chi connectivity index (χ1n) is 6.82. The van der Waals surface area contributed by atoms with Gasteiger partial charge in [0.1, 0.15) is 0 Å². The smallest absolute Gasteiger partial charge is 0.0742 e. The Kier molecular flexibility index (Phi) is 3.51. The lowest BCUT2D eigenvalue weighted by molar-refractivity contribution is -0.170. The average molecular weight is 301 g/mol. The number of fused-ring (bicyclic) bond motifs is 1. The summed E-state index contributed by atoms with van der Waals surface area (Å²) in [5, 5.41) is 11.2. The zero-order valence-corrected chi connectivity index (χ0v) is 12.9. The van der Waals surface area contributed by atoms with Gasteiger partial charge in [0.05, 0.1) is 5.60 Å². The molecule has 0 amide bonds. The molecule has 2 rings (SSSR count). The first kappa shape index (κ1) is 13.6. The van der Waals surface area contributed by atoms with Crippen LogP contribution in [0, 0.1) is 17.3 Å². The molecule has 0 aromatic heterocycles. The van der Waals surface area contributed by atoms with Crippen LogP contribution in [0.25, 0.3) is 0 Å². The predicted octanol–water partition coefficient (Wildman–Crippen LogP) is 4.29. The van der Waals surface area contributed by atoms with E-state index in [1.54, 1.807) is 0 Å². The van der Waals surface area contributed by atoms with Crippen molar-refractivity contribution in [3.05, 3.63) is 12.2 Å². The minimum absolute atomic E-state index is 0.114. The Morgan fingerprint density at radius 2 is 1.94 bits per heavy atom. The van der Waals surface area contributed by atoms with Crippen LogP contribution < -0.4 is 0 Å². The molecule has 0 spiro atoms. The topological polar surface area (TPSA) is 20.2 Å². The van der Waals surface area contributed by atoms with E-state index < -0.39 is 5.60 Å². The molecule has 2 heteroatoms. The van der Waals surface area contributed by atoms with Crippen LogP contribution >= 0.6 is 15.9 Å². The highest BCUT2D eigenvalue weighted by Gasteiger charge is 2.57. The Balaban J connectivity index is 2.29. The lowest BCUT2D eigenvalue weighted by Crippen LogP contribution is -2.60. The van der Waals surface area contributed by atoms with E-state index in [1.807, 2.05) is 0 Å². The highest BCUT2D eigenvalue weighted by atomic mass is 79.9. The molecule has 0 radical (unpaired) electrons. The Morgan fingerprint density at radius 1 is 1.35 bits per heavy atom. The molecule has 2 aliphatic carbocycles. The van der Waals surface area contributed by atoms with E-state index in [-0.39, 0.29) is 5.41 Å². The minimum Gasteiger partial charge on any atom is -0.389 e. The van der Waals surface area contributed by atoms with Gasteiger partial charge in [-0.05, 0) is 56.3 Å². The third-order valence-corrected chi connectivity index (χ3v) is 6.86. The van der Waals surface area contributed by atoms with Crippen LogP contribution in [0.1, 0.15) is 52.9 Å². The molecule has 17 heavy (non-hydrogen) atoms. The molecule has 0 bridgehead atoms. The molecule has 0 aromatic rings. The molecule has 0 saturated heterocycles. The number of halogens is 1. The average Bonchev–Trinajstić information content (AvgIpc) is 2.27. The van der Waals surface area contributed by atoms with Crippen LogP contribution in [0.4, 0.5) is 0 Å². The number of rotatable bonds is 1. The van der Waals surface area contributed by atoms with Crippen molar-refractivity contribution >= 4 is 15.9 Å². The van der Waals surface area contributed by atoms with Crippen molar-refractivity contribution < 1.29 is 5.11 Å². The van der Waals surface area contributed by atoms with Crippen molar-refractivity contribution in [1.82, 2.24) is 0 Å². The van der Waals surface area contributed by atoms with Gasteiger partial charge >= 0.3 is 0 Å². The van der Waals surface area contributed by atoms with Gasteiger partial charge in [0, 0.05) is 4.83 Å². The van der Waals surface area contributed by atoms with Crippen LogP contribution in [0.15, 0.2) is 12.2 Å². The molecule has 1 nitrogen and oxygen atoms in total. The molecule has 0 aromatic carbocycles. The molecule has 2 saturated carbocycles. The summed E-state index contributed by atoms with van der Waals surface area (Å²) in [6, 6.07) is 0. The van der Waals surface area contributed by atoms with Crippen molar-refractivity contribution in [2.24, 2.45) is 17.3 Å². The van der Waals surface area contributed by atoms with Crippen molar-refractivity contribution in [2.45, 2.75) is 63.3 Å². The second-order valence-corrected chi connectivity index (χ2v) is 7.79. The molecular formula is C15H25BrO. The molecule has 5 unspecified atom stereocenters. The van der Waals surface area contributed by atoms with Gasteiger partial charge in [-0.3, -0.25) is 0 Å². The molecule has 98 valence electrons. The number of aliphatic hydroxyl groups is 1. The van der Waals surface area contributed by atoms with Crippen molar-refractivity contribution in [3.8, 4) is 0 Å².